The van der Waals surface area contributed by atoms with Crippen molar-refractivity contribution in [3.8, 4) is 28.8 Å². The maximum Gasteiger partial charge on any atom is 0.573 e. The first kappa shape index (κ1) is 16.7. The van der Waals surface area contributed by atoms with E-state index in [0.717, 1.165) is 10.9 Å². The number of alkyl halides is 3. The number of aryl methyl sites for hydroxylation is 1. The molecule has 3 aromatic rings. The molecule has 0 aliphatic carbocycles. The number of aromatic nitrogens is 1. The average molecular weight is 346 g/mol. The molecule has 0 aliphatic heterocycles. The number of hydrogen-bond donors (Lipinski definition) is 0. The third kappa shape index (κ3) is 3.11. The molecule has 25 heavy (non-hydrogen) atoms. The molecule has 0 atom stereocenters. The van der Waals surface area contributed by atoms with Crippen LogP contribution in [0.2, 0.25) is 0 Å². The zero-order valence-electron chi connectivity index (χ0n) is 13.4. The van der Waals surface area contributed by atoms with Crippen molar-refractivity contribution in [3.63, 3.8) is 0 Å². The predicted octanol–water partition coefficient (Wildman–Crippen LogP) is 4.62. The van der Waals surface area contributed by atoms with Crippen LogP contribution in [-0.4, -0.2) is 18.0 Å². The van der Waals surface area contributed by atoms with Crippen molar-refractivity contribution < 1.29 is 22.6 Å². The van der Waals surface area contributed by atoms with E-state index in [2.05, 4.69) is 10.8 Å². The van der Waals surface area contributed by atoms with Gasteiger partial charge in [0, 0.05) is 18.5 Å². The number of ether oxygens (including phenoxy) is 2. The van der Waals surface area contributed by atoms with Crippen molar-refractivity contribution in [2.75, 3.05) is 7.11 Å². The number of fused-ring (bicyclic) bond motifs is 1. The van der Waals surface area contributed by atoms with Crippen molar-refractivity contribution in [3.05, 3.63) is 48.0 Å². The van der Waals surface area contributed by atoms with Gasteiger partial charge in [-0.15, -0.1) is 13.2 Å². The quantitative estimate of drug-likeness (QED) is 0.695. The van der Waals surface area contributed by atoms with E-state index >= 15 is 0 Å². The Morgan fingerprint density at radius 1 is 1.04 bits per heavy atom. The van der Waals surface area contributed by atoms with Gasteiger partial charge in [-0.05, 0) is 42.0 Å². The van der Waals surface area contributed by atoms with Crippen LogP contribution in [0.3, 0.4) is 0 Å². The minimum atomic E-state index is -4.74. The van der Waals surface area contributed by atoms with Gasteiger partial charge in [0.1, 0.15) is 17.6 Å². The fourth-order valence-corrected chi connectivity index (χ4v) is 2.81. The van der Waals surface area contributed by atoms with Crippen molar-refractivity contribution in [1.29, 1.82) is 5.26 Å². The van der Waals surface area contributed by atoms with E-state index in [9.17, 15) is 18.4 Å². The van der Waals surface area contributed by atoms with Gasteiger partial charge in [-0.1, -0.05) is 0 Å². The normalized spacial score (nSPS) is 11.4. The highest BCUT2D eigenvalue weighted by atomic mass is 19.4. The summed E-state index contributed by atoms with van der Waals surface area (Å²) in [5.74, 6) is 0.341. The summed E-state index contributed by atoms with van der Waals surface area (Å²) in [4.78, 5) is 0. The van der Waals surface area contributed by atoms with Crippen LogP contribution in [0.5, 0.6) is 11.5 Å². The van der Waals surface area contributed by atoms with Gasteiger partial charge >= 0.3 is 6.36 Å². The minimum absolute atomic E-state index is 0.310. The van der Waals surface area contributed by atoms with Crippen LogP contribution < -0.4 is 9.47 Å². The van der Waals surface area contributed by atoms with E-state index in [1.165, 1.54) is 24.3 Å². The molecule has 1 heterocycles. The molecule has 0 amide bonds. The number of methoxy groups -OCH3 is 1. The molecular formula is C18H13F3N2O2. The first-order valence-electron chi connectivity index (χ1n) is 7.27. The van der Waals surface area contributed by atoms with E-state index in [0.29, 0.717) is 22.6 Å². The second-order valence-corrected chi connectivity index (χ2v) is 5.35. The van der Waals surface area contributed by atoms with Crippen LogP contribution in [0.1, 0.15) is 5.56 Å². The van der Waals surface area contributed by atoms with E-state index in [1.54, 1.807) is 32.4 Å². The first-order valence-corrected chi connectivity index (χ1v) is 7.27. The summed E-state index contributed by atoms with van der Waals surface area (Å²) in [6.45, 7) is 0. The van der Waals surface area contributed by atoms with Gasteiger partial charge in [-0.2, -0.15) is 5.26 Å². The molecule has 2 aromatic carbocycles. The lowest BCUT2D eigenvalue weighted by atomic mass is 10.1. The van der Waals surface area contributed by atoms with Crippen LogP contribution in [-0.2, 0) is 7.05 Å². The number of halogens is 3. The monoisotopic (exact) mass is 346 g/mol. The summed E-state index contributed by atoms with van der Waals surface area (Å²) in [6.07, 6.45) is -4.74. The number of rotatable bonds is 3. The largest absolute Gasteiger partial charge is 0.573 e. The highest BCUT2D eigenvalue weighted by molar-refractivity contribution is 5.95. The van der Waals surface area contributed by atoms with Crippen molar-refractivity contribution in [2.24, 2.45) is 7.05 Å². The van der Waals surface area contributed by atoms with Gasteiger partial charge in [0.25, 0.3) is 0 Å². The lowest BCUT2D eigenvalue weighted by Crippen LogP contribution is -2.16. The van der Waals surface area contributed by atoms with Crippen LogP contribution in [0.25, 0.3) is 22.2 Å². The van der Waals surface area contributed by atoms with E-state index in [-0.39, 0.29) is 5.75 Å². The summed E-state index contributed by atoms with van der Waals surface area (Å²) in [5.41, 5.74) is 2.47. The predicted molar refractivity (Wildman–Crippen MR) is 86.3 cm³/mol. The van der Waals surface area contributed by atoms with Crippen LogP contribution in [0, 0.1) is 11.3 Å². The van der Waals surface area contributed by atoms with E-state index in [1.807, 2.05) is 4.57 Å². The SMILES string of the molecule is COc1ccc2c(C#N)c(-c3ccc(OC(F)(F)F)cc3)n(C)c2c1. The highest BCUT2D eigenvalue weighted by Crippen LogP contribution is 2.35. The van der Waals surface area contributed by atoms with E-state index in [4.69, 9.17) is 4.74 Å². The molecule has 3 rings (SSSR count). The number of nitrogens with zero attached hydrogens (tertiary/aromatic N) is 2. The summed E-state index contributed by atoms with van der Waals surface area (Å²) >= 11 is 0. The van der Waals surface area contributed by atoms with Gasteiger partial charge in [-0.25, -0.2) is 0 Å². The molecule has 0 radical (unpaired) electrons. The second-order valence-electron chi connectivity index (χ2n) is 5.35. The van der Waals surface area contributed by atoms with Gasteiger partial charge in [0.15, 0.2) is 0 Å². The molecule has 0 bridgehead atoms. The fourth-order valence-electron chi connectivity index (χ4n) is 2.81. The van der Waals surface area contributed by atoms with E-state index < -0.39 is 6.36 Å². The Morgan fingerprint density at radius 3 is 2.24 bits per heavy atom. The van der Waals surface area contributed by atoms with Gasteiger partial charge < -0.3 is 14.0 Å². The summed E-state index contributed by atoms with van der Waals surface area (Å²) in [7, 11) is 3.34. The molecule has 0 fully saturated rings. The molecule has 128 valence electrons. The maximum atomic E-state index is 12.3. The number of hydrogen-bond acceptors (Lipinski definition) is 3. The summed E-state index contributed by atoms with van der Waals surface area (Å²) in [5, 5.41) is 10.3. The minimum Gasteiger partial charge on any atom is -0.497 e. The second kappa shape index (κ2) is 6.06. The zero-order chi connectivity index (χ0) is 18.2. The molecule has 0 saturated carbocycles. The molecule has 0 saturated heterocycles. The molecule has 4 nitrogen and oxygen atoms in total. The lowest BCUT2D eigenvalue weighted by Gasteiger charge is -2.10. The lowest BCUT2D eigenvalue weighted by molar-refractivity contribution is -0.274. The molecule has 0 spiro atoms. The Balaban J connectivity index is 2.12. The van der Waals surface area contributed by atoms with Crippen LogP contribution in [0.15, 0.2) is 42.5 Å². The van der Waals surface area contributed by atoms with Crippen molar-refractivity contribution >= 4 is 10.9 Å². The molecule has 1 aromatic heterocycles. The molecule has 0 unspecified atom stereocenters. The fraction of sp³-hybridized carbons (Fsp3) is 0.167. The van der Waals surface area contributed by atoms with Gasteiger partial charge in [0.2, 0.25) is 0 Å². The Morgan fingerprint density at radius 2 is 1.68 bits per heavy atom. The third-order valence-electron chi connectivity index (χ3n) is 3.88. The molecule has 0 N–H and O–H groups in total. The van der Waals surface area contributed by atoms with Crippen molar-refractivity contribution in [1.82, 2.24) is 4.57 Å². The smallest absolute Gasteiger partial charge is 0.497 e. The van der Waals surface area contributed by atoms with Gasteiger partial charge in [0.05, 0.1) is 23.9 Å². The average Bonchev–Trinajstić information content (AvgIpc) is 2.86. The molecular weight excluding hydrogens is 333 g/mol. The maximum absolute atomic E-state index is 12.3. The Hall–Kier alpha value is -3.14. The Kier molecular flexibility index (Phi) is 4.05. The highest BCUT2D eigenvalue weighted by Gasteiger charge is 2.31. The number of nitriles is 1. The molecule has 7 heteroatoms. The molecule has 0 aliphatic rings. The topological polar surface area (TPSA) is 47.2 Å². The van der Waals surface area contributed by atoms with Crippen LogP contribution >= 0.6 is 0 Å². The zero-order valence-corrected chi connectivity index (χ0v) is 13.4. The van der Waals surface area contributed by atoms with Gasteiger partial charge in [-0.3, -0.25) is 0 Å². The summed E-state index contributed by atoms with van der Waals surface area (Å²) < 4.78 is 47.7. The number of benzene rings is 2. The Labute approximate surface area is 141 Å². The third-order valence-corrected chi connectivity index (χ3v) is 3.88. The standard InChI is InChI=1S/C18H13F3N2O2/c1-23-16-9-13(24-2)7-8-14(16)15(10-22)17(23)11-3-5-12(6-4-11)25-18(19,20)21/h3-9H,1-2H3. The summed E-state index contributed by atoms with van der Waals surface area (Å²) in [6, 6.07) is 13.0. The van der Waals surface area contributed by atoms with Crippen LogP contribution in [0.4, 0.5) is 13.2 Å². The Bertz CT molecular complexity index is 967. The first-order chi connectivity index (χ1) is 11.8. The van der Waals surface area contributed by atoms with Crippen molar-refractivity contribution in [2.45, 2.75) is 6.36 Å².